The smallest absolute Gasteiger partial charge is 0.204 e. The topological polar surface area (TPSA) is 118 Å². The van der Waals surface area contributed by atoms with Crippen molar-refractivity contribution in [2.24, 2.45) is 0 Å². The zero-order chi connectivity index (χ0) is 21.4. The minimum Gasteiger partial charge on any atom is -0.504 e. The van der Waals surface area contributed by atoms with E-state index in [4.69, 9.17) is 24.1 Å². The number of phenolic OH excluding ortho intramolecular Hbond substituents is 1. The molecule has 0 fully saturated rings. The van der Waals surface area contributed by atoms with E-state index in [1.54, 1.807) is 12.1 Å². The van der Waals surface area contributed by atoms with Crippen molar-refractivity contribution < 1.29 is 39.4 Å². The van der Waals surface area contributed by atoms with Gasteiger partial charge >= 0.3 is 0 Å². The highest BCUT2D eigenvalue weighted by molar-refractivity contribution is 5.54. The van der Waals surface area contributed by atoms with Gasteiger partial charge in [-0.3, -0.25) is 0 Å². The molecule has 2 rings (SSSR count). The highest BCUT2D eigenvalue weighted by atomic mass is 16.6. The van der Waals surface area contributed by atoms with Crippen molar-refractivity contribution in [3.8, 4) is 28.7 Å². The van der Waals surface area contributed by atoms with Crippen LogP contribution < -0.4 is 18.9 Å². The van der Waals surface area contributed by atoms with Crippen LogP contribution in [0.5, 0.6) is 28.7 Å². The predicted molar refractivity (Wildman–Crippen MR) is 106 cm³/mol. The Labute approximate surface area is 169 Å². The summed E-state index contributed by atoms with van der Waals surface area (Å²) in [6.45, 7) is -0.416. The lowest BCUT2D eigenvalue weighted by Gasteiger charge is -2.25. The molecule has 0 aliphatic rings. The van der Waals surface area contributed by atoms with Crippen molar-refractivity contribution in [3.05, 3.63) is 41.5 Å². The van der Waals surface area contributed by atoms with Gasteiger partial charge in [-0.05, 0) is 48.2 Å². The Hall–Kier alpha value is -2.68. The van der Waals surface area contributed by atoms with Crippen LogP contribution in [0.15, 0.2) is 30.3 Å². The summed E-state index contributed by atoms with van der Waals surface area (Å²) in [6.07, 6.45) is -1.02. The van der Waals surface area contributed by atoms with Crippen molar-refractivity contribution >= 4 is 0 Å². The number of aryl methyl sites for hydroxylation is 1. The van der Waals surface area contributed by atoms with Gasteiger partial charge in [-0.25, -0.2) is 0 Å². The molecule has 0 bridgehead atoms. The van der Waals surface area contributed by atoms with Crippen LogP contribution in [0.2, 0.25) is 0 Å². The summed E-state index contributed by atoms with van der Waals surface area (Å²) in [6, 6.07) is 7.90. The molecule has 2 atom stereocenters. The van der Waals surface area contributed by atoms with Crippen molar-refractivity contribution in [1.29, 1.82) is 0 Å². The molecule has 0 aliphatic carbocycles. The fourth-order valence-corrected chi connectivity index (χ4v) is 2.92. The van der Waals surface area contributed by atoms with E-state index in [9.17, 15) is 15.3 Å². The Morgan fingerprint density at radius 2 is 1.52 bits per heavy atom. The maximum absolute atomic E-state index is 10.7. The number of hydrogen-bond donors (Lipinski definition) is 4. The number of ether oxygens (including phenoxy) is 4. The molecule has 0 aromatic heterocycles. The molecule has 0 heterocycles. The van der Waals surface area contributed by atoms with E-state index in [2.05, 4.69) is 0 Å². The number of aromatic hydroxyl groups is 1. The predicted octanol–water partition coefficient (Wildman–Crippen LogP) is 1.82. The molecule has 2 aromatic rings. The van der Waals surface area contributed by atoms with Crippen LogP contribution in [-0.2, 0) is 6.42 Å². The van der Waals surface area contributed by atoms with Gasteiger partial charge in [0.25, 0.3) is 0 Å². The molecule has 160 valence electrons. The van der Waals surface area contributed by atoms with Crippen LogP contribution >= 0.6 is 0 Å². The molecule has 29 heavy (non-hydrogen) atoms. The maximum atomic E-state index is 10.7. The molecular formula is C21H28O8. The second kappa shape index (κ2) is 10.8. The molecule has 0 radical (unpaired) electrons. The number of methoxy groups -OCH3 is 3. The van der Waals surface area contributed by atoms with Gasteiger partial charge in [0.1, 0.15) is 6.10 Å². The van der Waals surface area contributed by atoms with E-state index in [1.807, 2.05) is 0 Å². The van der Waals surface area contributed by atoms with Crippen molar-refractivity contribution in [1.82, 2.24) is 0 Å². The standard InChI is InChI=1S/C21H28O8/c1-26-16-11-14(6-7-15(16)24)20(25)19(12-23)29-21-17(27-2)9-13(5-4-8-22)10-18(21)28-3/h6-7,9-11,19-20,22-25H,4-5,8,12H2,1-3H3. The van der Waals surface area contributed by atoms with Crippen LogP contribution in [0, 0.1) is 0 Å². The van der Waals surface area contributed by atoms with Crippen LogP contribution in [0.4, 0.5) is 0 Å². The molecule has 2 aromatic carbocycles. The Balaban J connectivity index is 2.33. The minimum absolute atomic E-state index is 0.0632. The second-order valence-electron chi connectivity index (χ2n) is 6.37. The van der Waals surface area contributed by atoms with E-state index in [0.717, 1.165) is 5.56 Å². The average Bonchev–Trinajstić information content (AvgIpc) is 2.75. The van der Waals surface area contributed by atoms with Gasteiger partial charge in [-0.2, -0.15) is 0 Å². The number of phenols is 1. The SMILES string of the molecule is COc1cc(C(O)C(CO)Oc2c(OC)cc(CCCO)cc2OC)ccc1O. The van der Waals surface area contributed by atoms with Crippen molar-refractivity contribution in [3.63, 3.8) is 0 Å². The molecule has 8 nitrogen and oxygen atoms in total. The first kappa shape index (κ1) is 22.6. The molecule has 2 unspecified atom stereocenters. The van der Waals surface area contributed by atoms with E-state index in [1.165, 1.54) is 39.5 Å². The van der Waals surface area contributed by atoms with Crippen molar-refractivity contribution in [2.45, 2.75) is 25.0 Å². The summed E-state index contributed by atoms with van der Waals surface area (Å²) in [5.74, 6) is 1.14. The second-order valence-corrected chi connectivity index (χ2v) is 6.37. The molecule has 0 aliphatic heterocycles. The maximum Gasteiger partial charge on any atom is 0.204 e. The monoisotopic (exact) mass is 408 g/mol. The van der Waals surface area contributed by atoms with E-state index in [-0.39, 0.29) is 23.9 Å². The average molecular weight is 408 g/mol. The molecule has 0 amide bonds. The summed E-state index contributed by atoms with van der Waals surface area (Å²) in [7, 11) is 4.36. The van der Waals surface area contributed by atoms with Gasteiger partial charge in [0, 0.05) is 6.61 Å². The third-order valence-corrected chi connectivity index (χ3v) is 4.49. The fraction of sp³-hybridized carbons (Fsp3) is 0.429. The highest BCUT2D eigenvalue weighted by Crippen LogP contribution is 2.41. The summed E-state index contributed by atoms with van der Waals surface area (Å²) in [5.41, 5.74) is 1.29. The third kappa shape index (κ3) is 5.44. The number of rotatable bonds is 11. The highest BCUT2D eigenvalue weighted by Gasteiger charge is 2.26. The lowest BCUT2D eigenvalue weighted by atomic mass is 10.0. The van der Waals surface area contributed by atoms with Gasteiger partial charge in [0.15, 0.2) is 29.1 Å². The van der Waals surface area contributed by atoms with Crippen LogP contribution in [0.1, 0.15) is 23.7 Å². The van der Waals surface area contributed by atoms with Crippen molar-refractivity contribution in [2.75, 3.05) is 34.5 Å². The Morgan fingerprint density at radius 3 is 2.03 bits per heavy atom. The molecule has 8 heteroatoms. The van der Waals surface area contributed by atoms with Crippen LogP contribution in [0.3, 0.4) is 0 Å². The lowest BCUT2D eigenvalue weighted by Crippen LogP contribution is -2.29. The fourth-order valence-electron chi connectivity index (χ4n) is 2.92. The summed E-state index contributed by atoms with van der Waals surface area (Å²) < 4.78 is 21.8. The lowest BCUT2D eigenvalue weighted by molar-refractivity contribution is -0.00176. The molecule has 4 N–H and O–H groups in total. The normalized spacial score (nSPS) is 12.9. The van der Waals surface area contributed by atoms with Gasteiger partial charge < -0.3 is 39.4 Å². The quantitative estimate of drug-likeness (QED) is 0.445. The molecule has 0 saturated carbocycles. The first-order chi connectivity index (χ1) is 14.0. The van der Waals surface area contributed by atoms with Crippen LogP contribution in [-0.4, -0.2) is 61.1 Å². The van der Waals surface area contributed by atoms with Gasteiger partial charge in [-0.1, -0.05) is 6.07 Å². The van der Waals surface area contributed by atoms with E-state index in [0.29, 0.717) is 29.9 Å². The zero-order valence-corrected chi connectivity index (χ0v) is 16.8. The summed E-state index contributed by atoms with van der Waals surface area (Å²) in [5, 5.41) is 39.3. The van der Waals surface area contributed by atoms with E-state index >= 15 is 0 Å². The largest absolute Gasteiger partial charge is 0.504 e. The minimum atomic E-state index is -1.21. The third-order valence-electron chi connectivity index (χ3n) is 4.49. The number of aliphatic hydroxyl groups is 3. The van der Waals surface area contributed by atoms with Gasteiger partial charge in [0.05, 0.1) is 27.9 Å². The zero-order valence-electron chi connectivity index (χ0n) is 16.8. The number of aliphatic hydroxyl groups excluding tert-OH is 3. The summed E-state index contributed by atoms with van der Waals surface area (Å²) in [4.78, 5) is 0. The van der Waals surface area contributed by atoms with E-state index < -0.39 is 18.8 Å². The first-order valence-corrected chi connectivity index (χ1v) is 9.17. The Bertz CT molecular complexity index is 767. The number of hydrogen-bond acceptors (Lipinski definition) is 8. The first-order valence-electron chi connectivity index (χ1n) is 9.17. The molecule has 0 saturated heterocycles. The number of benzene rings is 2. The van der Waals surface area contributed by atoms with Gasteiger partial charge in [0.2, 0.25) is 5.75 Å². The molecule has 0 spiro atoms. The Morgan fingerprint density at radius 1 is 0.897 bits per heavy atom. The Kier molecular flexibility index (Phi) is 8.38. The van der Waals surface area contributed by atoms with Gasteiger partial charge in [-0.15, -0.1) is 0 Å². The molecular weight excluding hydrogens is 380 g/mol. The van der Waals surface area contributed by atoms with Crippen LogP contribution in [0.25, 0.3) is 0 Å². The summed E-state index contributed by atoms with van der Waals surface area (Å²) >= 11 is 0.